The van der Waals surface area contributed by atoms with Crippen LogP contribution in [0.15, 0.2) is 105 Å². The summed E-state index contributed by atoms with van der Waals surface area (Å²) in [5.41, 5.74) is 5.32. The number of hydrogen-bond donors (Lipinski definition) is 0. The topological polar surface area (TPSA) is 153 Å². The van der Waals surface area contributed by atoms with Crippen molar-refractivity contribution in [3.63, 3.8) is 0 Å². The van der Waals surface area contributed by atoms with Gasteiger partial charge in [-0.3, -0.25) is 0 Å². The summed E-state index contributed by atoms with van der Waals surface area (Å²) in [5, 5.41) is 5.90. The number of ether oxygens (including phenoxy) is 5. The highest BCUT2D eigenvalue weighted by atomic mass is 32.2. The van der Waals surface area contributed by atoms with Crippen LogP contribution in [0.3, 0.4) is 0 Å². The largest absolute Gasteiger partial charge is 0.494 e. The first-order valence-electron chi connectivity index (χ1n) is 21.6. The van der Waals surface area contributed by atoms with Gasteiger partial charge >= 0.3 is 0 Å². The third-order valence-corrected chi connectivity index (χ3v) is 16.8. The van der Waals surface area contributed by atoms with E-state index in [1.165, 1.54) is 54.7 Å². The van der Waals surface area contributed by atoms with Crippen LogP contribution in [0.2, 0.25) is 0 Å². The molecule has 2 aliphatic heterocycles. The average molecular weight is 977 g/mol. The molecule has 2 fully saturated rings. The fourth-order valence-corrected chi connectivity index (χ4v) is 12.2. The molecule has 352 valence electrons. The maximum Gasteiger partial charge on any atom is 0.243 e. The molecule has 0 atom stereocenters. The van der Waals surface area contributed by atoms with Gasteiger partial charge in [0.1, 0.15) is 5.75 Å². The van der Waals surface area contributed by atoms with Crippen LogP contribution >= 0.6 is 22.7 Å². The molecule has 4 heterocycles. The lowest BCUT2D eigenvalue weighted by Gasteiger charge is -2.33. The summed E-state index contributed by atoms with van der Waals surface area (Å²) in [5.74, 6) is 2.62. The molecule has 2 saturated heterocycles. The van der Waals surface area contributed by atoms with Crippen LogP contribution in [-0.4, -0.2) is 123 Å². The SMILES string of the molecule is CCCc1ccc(-c2csc(N3CCN(S(=O)(=O)c4ccc(OC)c(OC)c4)CC3)n2)cc1.CCOc1ccc(-c2csc(N3CCN(S(=O)(=O)c4ccc(OC)c(OC)c4)CC3)n2)cc1. The second-order valence-electron chi connectivity index (χ2n) is 15.3. The number of benzene rings is 4. The quantitative estimate of drug-likeness (QED) is 0.0921. The van der Waals surface area contributed by atoms with Gasteiger partial charge in [-0.25, -0.2) is 26.8 Å². The molecule has 0 N–H and O–H groups in total. The number of hydrogen-bond acceptors (Lipinski definition) is 15. The van der Waals surface area contributed by atoms with Gasteiger partial charge < -0.3 is 33.5 Å². The first-order valence-corrected chi connectivity index (χ1v) is 26.2. The Morgan fingerprint density at radius 1 is 0.530 bits per heavy atom. The summed E-state index contributed by atoms with van der Waals surface area (Å²) in [6, 6.07) is 25.8. The number of nitrogens with zero attached hydrogens (tertiary/aromatic N) is 6. The Kier molecular flexibility index (Phi) is 16.1. The number of thiazole rings is 2. The van der Waals surface area contributed by atoms with Gasteiger partial charge in [-0.05, 0) is 67.4 Å². The van der Waals surface area contributed by atoms with Crippen molar-refractivity contribution in [3.05, 3.63) is 101 Å². The van der Waals surface area contributed by atoms with Crippen LogP contribution < -0.4 is 33.5 Å². The Bertz CT molecular complexity index is 2560. The van der Waals surface area contributed by atoms with E-state index >= 15 is 0 Å². The van der Waals surface area contributed by atoms with E-state index in [2.05, 4.69) is 46.4 Å². The van der Waals surface area contributed by atoms with Gasteiger partial charge in [0.25, 0.3) is 0 Å². The summed E-state index contributed by atoms with van der Waals surface area (Å²) < 4.78 is 82.1. The van der Waals surface area contributed by atoms with Crippen LogP contribution in [-0.2, 0) is 26.5 Å². The number of piperazine rings is 2. The molecule has 0 amide bonds. The van der Waals surface area contributed by atoms with Gasteiger partial charge in [0.15, 0.2) is 33.3 Å². The van der Waals surface area contributed by atoms with Crippen molar-refractivity contribution >= 4 is 53.0 Å². The number of aromatic nitrogens is 2. The van der Waals surface area contributed by atoms with Gasteiger partial charge in [-0.2, -0.15) is 8.61 Å². The van der Waals surface area contributed by atoms with Crippen molar-refractivity contribution in [2.75, 3.05) is 97.2 Å². The van der Waals surface area contributed by atoms with Crippen LogP contribution in [0.1, 0.15) is 25.8 Å². The highest BCUT2D eigenvalue weighted by Gasteiger charge is 2.32. The van der Waals surface area contributed by atoms with Gasteiger partial charge in [-0.1, -0.05) is 37.6 Å². The maximum absolute atomic E-state index is 13.2. The fraction of sp³-hybridized carbons (Fsp3) is 0.362. The van der Waals surface area contributed by atoms with E-state index in [9.17, 15) is 16.8 Å². The van der Waals surface area contributed by atoms with Crippen molar-refractivity contribution < 1.29 is 40.5 Å². The Morgan fingerprint density at radius 2 is 0.939 bits per heavy atom. The molecule has 2 aliphatic rings. The first-order chi connectivity index (χ1) is 31.9. The fourth-order valence-electron chi connectivity index (χ4n) is 7.60. The zero-order chi connectivity index (χ0) is 46.8. The summed E-state index contributed by atoms with van der Waals surface area (Å²) in [7, 11) is -1.22. The second kappa shape index (κ2) is 21.9. The lowest BCUT2D eigenvalue weighted by atomic mass is 10.1. The summed E-state index contributed by atoms with van der Waals surface area (Å²) in [6.45, 7) is 8.67. The van der Waals surface area contributed by atoms with Crippen LogP contribution in [0.4, 0.5) is 10.3 Å². The number of aryl methyl sites for hydroxylation is 1. The van der Waals surface area contributed by atoms with Crippen molar-refractivity contribution in [1.82, 2.24) is 18.6 Å². The van der Waals surface area contributed by atoms with E-state index in [1.807, 2.05) is 36.6 Å². The molecule has 0 spiro atoms. The smallest absolute Gasteiger partial charge is 0.243 e. The molecule has 4 aromatic carbocycles. The van der Waals surface area contributed by atoms with E-state index in [0.29, 0.717) is 82.0 Å². The van der Waals surface area contributed by atoms with Crippen LogP contribution in [0.5, 0.6) is 28.7 Å². The number of sulfonamides is 2. The lowest BCUT2D eigenvalue weighted by Crippen LogP contribution is -2.48. The van der Waals surface area contributed by atoms with Crippen molar-refractivity contribution in [2.45, 2.75) is 36.5 Å². The number of methoxy groups -OCH3 is 4. The molecule has 66 heavy (non-hydrogen) atoms. The molecule has 0 bridgehead atoms. The normalized spacial score (nSPS) is 14.9. The lowest BCUT2D eigenvalue weighted by molar-refractivity contribution is 0.340. The highest BCUT2D eigenvalue weighted by Crippen LogP contribution is 2.35. The number of anilines is 2. The third-order valence-electron chi connectivity index (χ3n) is 11.2. The van der Waals surface area contributed by atoms with E-state index in [4.69, 9.17) is 33.7 Å². The van der Waals surface area contributed by atoms with E-state index in [0.717, 1.165) is 51.4 Å². The maximum atomic E-state index is 13.2. The Balaban J connectivity index is 0.000000196. The zero-order valence-corrected chi connectivity index (χ0v) is 41.3. The minimum Gasteiger partial charge on any atom is -0.494 e. The molecule has 0 unspecified atom stereocenters. The number of rotatable bonds is 16. The second-order valence-corrected chi connectivity index (χ2v) is 20.8. The molecule has 0 saturated carbocycles. The molecular formula is C47H56N6O9S4. The predicted molar refractivity (Wildman–Crippen MR) is 261 cm³/mol. The predicted octanol–water partition coefficient (Wildman–Crippen LogP) is 8.03. The highest BCUT2D eigenvalue weighted by molar-refractivity contribution is 7.89. The van der Waals surface area contributed by atoms with Gasteiger partial charge in [0, 0.05) is 86.4 Å². The first kappa shape index (κ1) is 48.5. The van der Waals surface area contributed by atoms with Crippen LogP contribution in [0, 0.1) is 0 Å². The van der Waals surface area contributed by atoms with Gasteiger partial charge in [0.2, 0.25) is 20.0 Å². The standard InChI is InChI=1S/C24H29N3O4S2.C23H27N3O5S2/c1-4-5-18-6-8-19(9-7-18)21-17-32-24(25-21)26-12-14-27(15-13-26)33(28,29)20-10-11-22(30-2)23(16-20)31-3;1-4-31-18-7-5-17(6-8-18)20-16-32-23(24-20)25-11-13-26(14-12-25)33(27,28)19-9-10-21(29-2)22(15-19)30-3/h6-11,16-17H,4-5,12-15H2,1-3H3;5-10,15-16H,4,11-14H2,1-3H3. The molecule has 0 aliphatic carbocycles. The Hall–Kier alpha value is -5.44. The van der Waals surface area contributed by atoms with E-state index in [1.54, 1.807) is 46.9 Å². The van der Waals surface area contributed by atoms with Crippen LogP contribution in [0.25, 0.3) is 22.5 Å². The summed E-state index contributed by atoms with van der Waals surface area (Å²) in [4.78, 5) is 14.3. The molecule has 2 aromatic heterocycles. The molecule has 6 aromatic rings. The summed E-state index contributed by atoms with van der Waals surface area (Å²) >= 11 is 3.16. The molecule has 8 rings (SSSR count). The van der Waals surface area contributed by atoms with E-state index < -0.39 is 20.0 Å². The van der Waals surface area contributed by atoms with Gasteiger partial charge in [-0.15, -0.1) is 22.7 Å². The monoisotopic (exact) mass is 976 g/mol. The molecule has 19 heteroatoms. The minimum absolute atomic E-state index is 0.195. The Morgan fingerprint density at radius 3 is 1.32 bits per heavy atom. The van der Waals surface area contributed by atoms with E-state index in [-0.39, 0.29) is 9.79 Å². The third kappa shape index (κ3) is 11.0. The summed E-state index contributed by atoms with van der Waals surface area (Å²) in [6.07, 6.45) is 2.22. The molecule has 0 radical (unpaired) electrons. The van der Waals surface area contributed by atoms with Crippen molar-refractivity contribution in [2.24, 2.45) is 0 Å². The Labute approximate surface area is 396 Å². The molecule has 15 nitrogen and oxygen atoms in total. The zero-order valence-electron chi connectivity index (χ0n) is 38.0. The van der Waals surface area contributed by atoms with Gasteiger partial charge in [0.05, 0.1) is 56.2 Å². The minimum atomic E-state index is -3.63. The van der Waals surface area contributed by atoms with Crippen molar-refractivity contribution in [1.29, 1.82) is 0 Å². The molecular weight excluding hydrogens is 921 g/mol. The van der Waals surface area contributed by atoms with Crippen molar-refractivity contribution in [3.8, 4) is 51.3 Å². The average Bonchev–Trinajstić information content (AvgIpc) is 4.06.